The molecule has 0 radical (unpaired) electrons. The van der Waals surface area contributed by atoms with Gasteiger partial charge in [-0.25, -0.2) is 4.39 Å². The number of hydrogen-bond acceptors (Lipinski definition) is 4. The third-order valence-corrected chi connectivity index (χ3v) is 2.62. The highest BCUT2D eigenvalue weighted by Gasteiger charge is 2.06. The van der Waals surface area contributed by atoms with E-state index < -0.39 is 5.82 Å². The van der Waals surface area contributed by atoms with Crippen LogP contribution in [0.1, 0.15) is 5.69 Å². The minimum absolute atomic E-state index is 0.0624. The minimum atomic E-state index is -0.540. The Kier molecular flexibility index (Phi) is 4.14. The molecule has 6 heteroatoms. The zero-order valence-corrected chi connectivity index (χ0v) is 10.9. The lowest BCUT2D eigenvalue weighted by Crippen LogP contribution is -2.20. The quantitative estimate of drug-likeness (QED) is 0.835. The Morgan fingerprint density at radius 1 is 1.35 bits per heavy atom. The standard InChI is InChI=1S/C14H14FN3O2/c1-17-14(19)7-9-6-11(4-5-18-9)20-10-2-3-13(16)12(15)8-10/h2-6,8H,7,16H2,1H3,(H,17,19). The molecule has 0 unspecified atom stereocenters. The Hall–Kier alpha value is -2.63. The summed E-state index contributed by atoms with van der Waals surface area (Å²) in [7, 11) is 1.56. The molecule has 1 aromatic heterocycles. The van der Waals surface area contributed by atoms with Crippen LogP contribution in [-0.2, 0) is 11.2 Å². The van der Waals surface area contributed by atoms with E-state index in [1.807, 2.05) is 0 Å². The lowest BCUT2D eigenvalue weighted by molar-refractivity contribution is -0.120. The Morgan fingerprint density at radius 2 is 2.10 bits per heavy atom. The maximum atomic E-state index is 13.3. The van der Waals surface area contributed by atoms with Crippen molar-refractivity contribution in [3.8, 4) is 11.5 Å². The molecular weight excluding hydrogens is 261 g/mol. The monoisotopic (exact) mass is 275 g/mol. The van der Waals surface area contributed by atoms with E-state index in [0.717, 1.165) is 0 Å². The summed E-state index contributed by atoms with van der Waals surface area (Å²) in [6.07, 6.45) is 1.69. The molecule has 0 atom stereocenters. The summed E-state index contributed by atoms with van der Waals surface area (Å²) in [4.78, 5) is 15.3. The number of nitrogens with two attached hydrogens (primary N) is 1. The normalized spacial score (nSPS) is 10.1. The third-order valence-electron chi connectivity index (χ3n) is 2.62. The second-order valence-corrected chi connectivity index (χ2v) is 4.12. The molecule has 0 fully saturated rings. The van der Waals surface area contributed by atoms with Crippen molar-refractivity contribution in [1.82, 2.24) is 10.3 Å². The summed E-state index contributed by atoms with van der Waals surface area (Å²) < 4.78 is 18.8. The number of ether oxygens (including phenoxy) is 1. The fourth-order valence-electron chi connectivity index (χ4n) is 1.58. The molecule has 20 heavy (non-hydrogen) atoms. The van der Waals surface area contributed by atoms with Gasteiger partial charge in [0.2, 0.25) is 5.91 Å². The Labute approximate surface area is 115 Å². The fourth-order valence-corrected chi connectivity index (χ4v) is 1.58. The van der Waals surface area contributed by atoms with Gasteiger partial charge in [-0.1, -0.05) is 0 Å². The van der Waals surface area contributed by atoms with E-state index in [-0.39, 0.29) is 18.0 Å². The van der Waals surface area contributed by atoms with Gasteiger partial charge < -0.3 is 15.8 Å². The molecule has 0 saturated carbocycles. The molecule has 0 saturated heterocycles. The van der Waals surface area contributed by atoms with Crippen molar-refractivity contribution in [2.45, 2.75) is 6.42 Å². The Balaban J connectivity index is 2.14. The number of amides is 1. The van der Waals surface area contributed by atoms with Crippen molar-refractivity contribution in [2.24, 2.45) is 0 Å². The number of nitrogens with one attached hydrogen (secondary N) is 1. The lowest BCUT2D eigenvalue weighted by Gasteiger charge is -2.07. The lowest BCUT2D eigenvalue weighted by atomic mass is 10.2. The second kappa shape index (κ2) is 6.01. The number of hydrogen-bond donors (Lipinski definition) is 2. The summed E-state index contributed by atoms with van der Waals surface area (Å²) in [5.41, 5.74) is 6.02. The van der Waals surface area contributed by atoms with E-state index in [1.165, 1.54) is 18.3 Å². The van der Waals surface area contributed by atoms with E-state index in [2.05, 4.69) is 10.3 Å². The van der Waals surface area contributed by atoms with Crippen molar-refractivity contribution in [2.75, 3.05) is 12.8 Å². The van der Waals surface area contributed by atoms with E-state index in [9.17, 15) is 9.18 Å². The molecule has 0 aliphatic heterocycles. The van der Waals surface area contributed by atoms with Gasteiger partial charge in [0, 0.05) is 25.4 Å². The molecule has 1 heterocycles. The first kappa shape index (κ1) is 13.8. The van der Waals surface area contributed by atoms with Gasteiger partial charge >= 0.3 is 0 Å². The summed E-state index contributed by atoms with van der Waals surface area (Å²) in [5, 5.41) is 2.51. The molecule has 1 aromatic carbocycles. The van der Waals surface area contributed by atoms with Crippen LogP contribution in [0.5, 0.6) is 11.5 Å². The van der Waals surface area contributed by atoms with Crippen molar-refractivity contribution in [1.29, 1.82) is 0 Å². The average Bonchev–Trinajstić information content (AvgIpc) is 2.43. The second-order valence-electron chi connectivity index (χ2n) is 4.12. The Morgan fingerprint density at radius 3 is 2.80 bits per heavy atom. The highest BCUT2D eigenvalue weighted by Crippen LogP contribution is 2.24. The van der Waals surface area contributed by atoms with E-state index >= 15 is 0 Å². The number of pyridine rings is 1. The predicted molar refractivity (Wildman–Crippen MR) is 72.9 cm³/mol. The summed E-state index contributed by atoms with van der Waals surface area (Å²) in [6, 6.07) is 7.45. The van der Waals surface area contributed by atoms with E-state index in [4.69, 9.17) is 10.5 Å². The van der Waals surface area contributed by atoms with Gasteiger partial charge in [-0.2, -0.15) is 0 Å². The van der Waals surface area contributed by atoms with Gasteiger partial charge in [0.15, 0.2) is 0 Å². The number of anilines is 1. The first-order valence-corrected chi connectivity index (χ1v) is 5.97. The van der Waals surface area contributed by atoms with Crippen LogP contribution in [-0.4, -0.2) is 17.9 Å². The molecule has 1 amide bonds. The third kappa shape index (κ3) is 3.44. The molecule has 0 spiro atoms. The van der Waals surface area contributed by atoms with Crippen LogP contribution in [0, 0.1) is 5.82 Å². The number of nitrogens with zero attached hydrogens (tertiary/aromatic N) is 1. The number of rotatable bonds is 4. The van der Waals surface area contributed by atoms with Crippen LogP contribution in [0.3, 0.4) is 0 Å². The van der Waals surface area contributed by atoms with Gasteiger partial charge in [-0.15, -0.1) is 0 Å². The van der Waals surface area contributed by atoms with Crippen molar-refractivity contribution < 1.29 is 13.9 Å². The van der Waals surface area contributed by atoms with Crippen LogP contribution in [0.4, 0.5) is 10.1 Å². The Bertz CT molecular complexity index is 632. The highest BCUT2D eigenvalue weighted by atomic mass is 19.1. The smallest absolute Gasteiger partial charge is 0.225 e. The SMILES string of the molecule is CNC(=O)Cc1cc(Oc2ccc(N)c(F)c2)ccn1. The summed E-state index contributed by atoms with van der Waals surface area (Å²) >= 11 is 0. The first-order chi connectivity index (χ1) is 9.58. The molecule has 2 rings (SSSR count). The fraction of sp³-hybridized carbons (Fsp3) is 0.143. The number of aromatic nitrogens is 1. The van der Waals surface area contributed by atoms with Crippen LogP contribution in [0.15, 0.2) is 36.5 Å². The van der Waals surface area contributed by atoms with Gasteiger partial charge in [0.1, 0.15) is 17.3 Å². The molecular formula is C14H14FN3O2. The highest BCUT2D eigenvalue weighted by molar-refractivity contribution is 5.77. The minimum Gasteiger partial charge on any atom is -0.457 e. The van der Waals surface area contributed by atoms with Crippen LogP contribution < -0.4 is 15.8 Å². The summed E-state index contributed by atoms with van der Waals surface area (Å²) in [6.45, 7) is 0. The molecule has 104 valence electrons. The number of carbonyl (C=O) groups is 1. The average molecular weight is 275 g/mol. The van der Waals surface area contributed by atoms with Crippen molar-refractivity contribution in [3.05, 3.63) is 48.0 Å². The molecule has 2 aromatic rings. The number of halogens is 1. The van der Waals surface area contributed by atoms with Gasteiger partial charge in [0.25, 0.3) is 0 Å². The predicted octanol–water partition coefficient (Wildman–Crippen LogP) is 1.88. The molecule has 0 aliphatic carbocycles. The van der Waals surface area contributed by atoms with Crippen LogP contribution >= 0.6 is 0 Å². The zero-order chi connectivity index (χ0) is 14.5. The number of nitrogen functional groups attached to an aromatic ring is 1. The molecule has 3 N–H and O–H groups in total. The van der Waals surface area contributed by atoms with Crippen molar-refractivity contribution >= 4 is 11.6 Å². The van der Waals surface area contributed by atoms with Crippen LogP contribution in [0.2, 0.25) is 0 Å². The first-order valence-electron chi connectivity index (χ1n) is 5.97. The largest absolute Gasteiger partial charge is 0.457 e. The molecule has 0 bridgehead atoms. The van der Waals surface area contributed by atoms with Gasteiger partial charge in [-0.3, -0.25) is 9.78 Å². The zero-order valence-electron chi connectivity index (χ0n) is 10.9. The topological polar surface area (TPSA) is 77.2 Å². The van der Waals surface area contributed by atoms with Gasteiger partial charge in [0.05, 0.1) is 17.8 Å². The number of likely N-dealkylation sites (N-methyl/N-ethyl adjacent to an activating group) is 1. The van der Waals surface area contributed by atoms with E-state index in [1.54, 1.807) is 25.2 Å². The maximum absolute atomic E-state index is 13.3. The summed E-state index contributed by atoms with van der Waals surface area (Å²) in [5.74, 6) is 0.118. The van der Waals surface area contributed by atoms with E-state index in [0.29, 0.717) is 17.2 Å². The van der Waals surface area contributed by atoms with Gasteiger partial charge in [-0.05, 0) is 18.2 Å². The number of carbonyl (C=O) groups excluding carboxylic acids is 1. The molecule has 0 aliphatic rings. The number of benzene rings is 1. The maximum Gasteiger partial charge on any atom is 0.225 e. The molecule has 5 nitrogen and oxygen atoms in total. The van der Waals surface area contributed by atoms with Crippen molar-refractivity contribution in [3.63, 3.8) is 0 Å². The van der Waals surface area contributed by atoms with Crippen LogP contribution in [0.25, 0.3) is 0 Å².